The number of nitrogens with one attached hydrogen (secondary N) is 1. The molecule has 1 amide bonds. The van der Waals surface area contributed by atoms with Gasteiger partial charge in [-0.2, -0.15) is 0 Å². The molecule has 1 aliphatic heterocycles. The summed E-state index contributed by atoms with van der Waals surface area (Å²) < 4.78 is 2.16. The van der Waals surface area contributed by atoms with E-state index in [-0.39, 0.29) is 11.9 Å². The van der Waals surface area contributed by atoms with Gasteiger partial charge in [-0.05, 0) is 57.0 Å². The molecule has 11 heteroatoms. The van der Waals surface area contributed by atoms with E-state index in [0.717, 1.165) is 46.5 Å². The molecule has 0 radical (unpaired) electrons. The zero-order valence-electron chi connectivity index (χ0n) is 22.7. The lowest BCUT2D eigenvalue weighted by atomic mass is 10.0. The van der Waals surface area contributed by atoms with Gasteiger partial charge in [-0.1, -0.05) is 18.2 Å². The fourth-order valence-corrected chi connectivity index (χ4v) is 6.02. The summed E-state index contributed by atoms with van der Waals surface area (Å²) in [4.78, 5) is 31.2. The Balaban J connectivity index is 1.20. The number of hydrogen-bond acceptors (Lipinski definition) is 9. The molecule has 6 rings (SSSR count). The first kappa shape index (κ1) is 26.6. The Bertz CT molecular complexity index is 1540. The van der Waals surface area contributed by atoms with Crippen LogP contribution in [0.5, 0.6) is 0 Å². The highest BCUT2D eigenvalue weighted by atomic mass is 32.1. The van der Waals surface area contributed by atoms with Crippen molar-refractivity contribution in [2.45, 2.75) is 44.5 Å². The van der Waals surface area contributed by atoms with E-state index in [1.165, 1.54) is 30.5 Å². The highest BCUT2D eigenvalue weighted by molar-refractivity contribution is 7.15. The first-order valence-corrected chi connectivity index (χ1v) is 14.4. The maximum atomic E-state index is 12.7. The molecule has 3 aromatic heterocycles. The summed E-state index contributed by atoms with van der Waals surface area (Å²) >= 11 is 1.44. The molecule has 208 valence electrons. The monoisotopic (exact) mass is 558 g/mol. The predicted octanol–water partition coefficient (Wildman–Crippen LogP) is 3.91. The van der Waals surface area contributed by atoms with Crippen LogP contribution in [0, 0.1) is 6.92 Å². The van der Waals surface area contributed by atoms with E-state index in [1.807, 2.05) is 25.1 Å². The molecule has 1 saturated carbocycles. The zero-order valence-corrected chi connectivity index (χ0v) is 23.5. The molecule has 4 aromatic rings. The van der Waals surface area contributed by atoms with Gasteiger partial charge >= 0.3 is 0 Å². The number of aliphatic hydroxyl groups excluding tert-OH is 1. The predicted molar refractivity (Wildman–Crippen MR) is 158 cm³/mol. The Labute approximate surface area is 237 Å². The van der Waals surface area contributed by atoms with Crippen LogP contribution in [0.3, 0.4) is 0 Å². The smallest absolute Gasteiger partial charge is 0.257 e. The maximum absolute atomic E-state index is 12.7. The molecule has 0 bridgehead atoms. The van der Waals surface area contributed by atoms with E-state index >= 15 is 0 Å². The molecular formula is C29H34N8O2S. The highest BCUT2D eigenvalue weighted by Crippen LogP contribution is 2.36. The number of aryl methyl sites for hydroxylation is 1. The van der Waals surface area contributed by atoms with Crippen LogP contribution in [0.1, 0.15) is 40.5 Å². The van der Waals surface area contributed by atoms with Crippen molar-refractivity contribution in [3.63, 3.8) is 0 Å². The van der Waals surface area contributed by atoms with Crippen molar-refractivity contribution in [2.24, 2.45) is 0 Å². The van der Waals surface area contributed by atoms with Crippen LogP contribution in [-0.4, -0.2) is 79.3 Å². The minimum Gasteiger partial charge on any atom is -0.383 e. The Kier molecular flexibility index (Phi) is 7.37. The molecule has 0 spiro atoms. The molecule has 4 N–H and O–H groups in total. The van der Waals surface area contributed by atoms with Gasteiger partial charge in [0, 0.05) is 60.1 Å². The number of fused-ring (bicyclic) bond motifs is 1. The number of benzene rings is 1. The van der Waals surface area contributed by atoms with Gasteiger partial charge in [0.25, 0.3) is 5.91 Å². The van der Waals surface area contributed by atoms with Crippen molar-refractivity contribution in [1.82, 2.24) is 29.3 Å². The SMILES string of the molecule is Cc1cnc(NC(=O)c2ccc(-c3cn([C@@H]4CCN(C(O)/C=C/CN(C)C5CC5)C4)c4ncnc(N)c34)cc2)s1. The lowest BCUT2D eigenvalue weighted by molar-refractivity contribution is 0.0583. The zero-order chi connectivity index (χ0) is 27.8. The van der Waals surface area contributed by atoms with Gasteiger partial charge in [0.1, 0.15) is 24.0 Å². The number of amides is 1. The van der Waals surface area contributed by atoms with Gasteiger partial charge in [0.15, 0.2) is 5.13 Å². The summed E-state index contributed by atoms with van der Waals surface area (Å²) in [6, 6.07) is 8.27. The molecule has 4 heterocycles. The fourth-order valence-electron chi connectivity index (χ4n) is 5.36. The summed E-state index contributed by atoms with van der Waals surface area (Å²) in [7, 11) is 2.13. The lowest BCUT2D eigenvalue weighted by Gasteiger charge is -2.21. The van der Waals surface area contributed by atoms with E-state index in [4.69, 9.17) is 5.73 Å². The second kappa shape index (κ2) is 11.1. The van der Waals surface area contributed by atoms with Gasteiger partial charge in [-0.3, -0.25) is 19.9 Å². The third-order valence-electron chi connectivity index (χ3n) is 7.77. The summed E-state index contributed by atoms with van der Waals surface area (Å²) in [5.41, 5.74) is 9.50. The van der Waals surface area contributed by atoms with Crippen LogP contribution < -0.4 is 11.1 Å². The molecule has 2 aliphatic rings. The van der Waals surface area contributed by atoms with Crippen LogP contribution in [0.2, 0.25) is 0 Å². The van der Waals surface area contributed by atoms with Gasteiger partial charge < -0.3 is 15.4 Å². The number of nitrogens with zero attached hydrogens (tertiary/aromatic N) is 6. The van der Waals surface area contributed by atoms with Gasteiger partial charge in [0.2, 0.25) is 0 Å². The van der Waals surface area contributed by atoms with Crippen LogP contribution in [0.25, 0.3) is 22.2 Å². The number of hydrogen-bond donors (Lipinski definition) is 3. The van der Waals surface area contributed by atoms with Crippen molar-refractivity contribution in [1.29, 1.82) is 0 Å². The van der Waals surface area contributed by atoms with Crippen molar-refractivity contribution in [3.8, 4) is 11.1 Å². The number of anilines is 2. The Morgan fingerprint density at radius 3 is 2.77 bits per heavy atom. The third kappa shape index (κ3) is 5.50. The molecule has 40 heavy (non-hydrogen) atoms. The van der Waals surface area contributed by atoms with Crippen molar-refractivity contribution in [3.05, 3.63) is 65.6 Å². The first-order valence-electron chi connectivity index (χ1n) is 13.6. The number of carbonyl (C=O) groups is 1. The molecule has 1 aromatic carbocycles. The van der Waals surface area contributed by atoms with Gasteiger partial charge in [-0.15, -0.1) is 11.3 Å². The van der Waals surface area contributed by atoms with E-state index in [9.17, 15) is 9.90 Å². The van der Waals surface area contributed by atoms with Crippen LogP contribution >= 0.6 is 11.3 Å². The molecule has 2 atom stereocenters. The molecule has 1 saturated heterocycles. The topological polar surface area (TPSA) is 125 Å². The quantitative estimate of drug-likeness (QED) is 0.264. The molecule has 1 unspecified atom stereocenters. The lowest BCUT2D eigenvalue weighted by Crippen LogP contribution is -2.32. The number of nitrogens with two attached hydrogens (primary N) is 1. The average Bonchev–Trinajstić information content (AvgIpc) is 3.34. The Morgan fingerprint density at radius 1 is 1.25 bits per heavy atom. The highest BCUT2D eigenvalue weighted by Gasteiger charge is 2.30. The standard InChI is InChI=1S/C29H34N8O2S/c1-18-14-31-29(40-18)34-28(39)20-7-5-19(6-8-20)23-16-37(27-25(23)26(30)32-17-33-27)22-11-13-36(15-22)24(38)4-3-12-35(2)21-9-10-21/h3-8,14,16-17,21-22,24,38H,9-13,15H2,1-2H3,(H2,30,32,33)(H,31,34,39)/b4-3+/t22-,24?/m1/s1. The second-order valence-electron chi connectivity index (χ2n) is 10.7. The summed E-state index contributed by atoms with van der Waals surface area (Å²) in [5.74, 6) is 0.210. The van der Waals surface area contributed by atoms with Crippen LogP contribution in [0.15, 0.2) is 55.1 Å². The Hall–Kier alpha value is -3.64. The van der Waals surface area contributed by atoms with Gasteiger partial charge in [-0.25, -0.2) is 15.0 Å². The summed E-state index contributed by atoms with van der Waals surface area (Å²) in [6.07, 6.45) is 12.1. The summed E-state index contributed by atoms with van der Waals surface area (Å²) in [5, 5.41) is 15.0. The number of aromatic nitrogens is 4. The fraction of sp³-hybridized carbons (Fsp3) is 0.379. The second-order valence-corrected chi connectivity index (χ2v) is 11.9. The summed E-state index contributed by atoms with van der Waals surface area (Å²) in [6.45, 7) is 4.29. The largest absolute Gasteiger partial charge is 0.383 e. The van der Waals surface area contributed by atoms with Crippen molar-refractivity contribution >= 4 is 39.2 Å². The average molecular weight is 559 g/mol. The van der Waals surface area contributed by atoms with Gasteiger partial charge in [0.05, 0.1) is 5.39 Å². The van der Waals surface area contributed by atoms with Crippen LogP contribution in [-0.2, 0) is 0 Å². The third-order valence-corrected chi connectivity index (χ3v) is 8.60. The molecule has 2 fully saturated rings. The first-order chi connectivity index (χ1) is 19.4. The number of carbonyl (C=O) groups excluding carboxylic acids is 1. The number of aliphatic hydroxyl groups is 1. The minimum absolute atomic E-state index is 0.134. The molecular weight excluding hydrogens is 524 g/mol. The maximum Gasteiger partial charge on any atom is 0.257 e. The van der Waals surface area contributed by atoms with E-state index in [2.05, 4.69) is 54.0 Å². The van der Waals surface area contributed by atoms with Crippen molar-refractivity contribution < 1.29 is 9.90 Å². The Morgan fingerprint density at radius 2 is 2.05 bits per heavy atom. The number of likely N-dealkylation sites (tertiary alicyclic amines) is 1. The van der Waals surface area contributed by atoms with E-state index in [1.54, 1.807) is 18.3 Å². The molecule has 1 aliphatic carbocycles. The minimum atomic E-state index is -0.620. The van der Waals surface area contributed by atoms with E-state index in [0.29, 0.717) is 29.1 Å². The van der Waals surface area contributed by atoms with Crippen LogP contribution in [0.4, 0.5) is 10.9 Å². The number of likely N-dealkylation sites (N-methyl/N-ethyl adjacent to an activating group) is 1. The number of nitrogen functional groups attached to an aromatic ring is 1. The number of rotatable bonds is 9. The molecule has 10 nitrogen and oxygen atoms in total. The van der Waals surface area contributed by atoms with Crippen molar-refractivity contribution in [2.75, 3.05) is 37.7 Å². The number of thiazole rings is 1. The van der Waals surface area contributed by atoms with E-state index < -0.39 is 6.23 Å². The normalized spacial score (nSPS) is 18.8.